The molecule has 0 amide bonds. The van der Waals surface area contributed by atoms with Crippen LogP contribution in [0.4, 0.5) is 0 Å². The van der Waals surface area contributed by atoms with E-state index in [2.05, 4.69) is 43.9 Å². The van der Waals surface area contributed by atoms with Crippen LogP contribution in [0.15, 0.2) is 5.11 Å². The standard InChI is InChI=1S/C16H33N3O3Si/c1-11(2)10-13(18-19-17)14(20)16(7,21)12(3)22-23(8,9)15(4,5)6/h11-13,21H,10H2,1-9H3/t12-,13-,16+/m0/s1. The van der Waals surface area contributed by atoms with Gasteiger partial charge in [0.25, 0.3) is 0 Å². The first kappa shape index (κ1) is 22.1. The van der Waals surface area contributed by atoms with Crippen molar-refractivity contribution in [2.45, 2.75) is 90.8 Å². The molecular weight excluding hydrogens is 310 g/mol. The van der Waals surface area contributed by atoms with Crippen LogP contribution >= 0.6 is 0 Å². The van der Waals surface area contributed by atoms with Crippen molar-refractivity contribution < 1.29 is 14.3 Å². The molecule has 0 heterocycles. The summed E-state index contributed by atoms with van der Waals surface area (Å²) in [6.45, 7) is 17.5. The van der Waals surface area contributed by atoms with E-state index < -0.39 is 31.8 Å². The average Bonchev–Trinajstić information content (AvgIpc) is 2.34. The van der Waals surface area contributed by atoms with Crippen LogP contribution in [0.25, 0.3) is 10.4 Å². The van der Waals surface area contributed by atoms with E-state index in [4.69, 9.17) is 9.96 Å². The number of azide groups is 1. The lowest BCUT2D eigenvalue weighted by atomic mass is 9.87. The fourth-order valence-corrected chi connectivity index (χ4v) is 3.45. The van der Waals surface area contributed by atoms with E-state index in [0.29, 0.717) is 6.42 Å². The van der Waals surface area contributed by atoms with Gasteiger partial charge in [-0.25, -0.2) is 0 Å². The molecular formula is C16H33N3O3Si. The Balaban J connectivity index is 5.35. The molecule has 0 fully saturated rings. The van der Waals surface area contributed by atoms with E-state index in [1.54, 1.807) is 6.92 Å². The molecule has 0 rings (SSSR count). The highest BCUT2D eigenvalue weighted by molar-refractivity contribution is 6.74. The van der Waals surface area contributed by atoms with Crippen LogP contribution in [0.2, 0.25) is 18.1 Å². The molecule has 23 heavy (non-hydrogen) atoms. The summed E-state index contributed by atoms with van der Waals surface area (Å²) >= 11 is 0. The lowest BCUT2D eigenvalue weighted by Crippen LogP contribution is -2.55. The van der Waals surface area contributed by atoms with Crippen LogP contribution < -0.4 is 0 Å². The molecule has 6 nitrogen and oxygen atoms in total. The van der Waals surface area contributed by atoms with E-state index in [9.17, 15) is 9.90 Å². The van der Waals surface area contributed by atoms with Gasteiger partial charge in [0, 0.05) is 4.91 Å². The third-order valence-corrected chi connectivity index (χ3v) is 9.31. The number of Topliss-reactive ketones (excluding diaryl/α,β-unsaturated/α-hetero) is 1. The lowest BCUT2D eigenvalue weighted by Gasteiger charge is -2.42. The van der Waals surface area contributed by atoms with Crippen LogP contribution in [-0.4, -0.2) is 37.0 Å². The van der Waals surface area contributed by atoms with Crippen LogP contribution in [0, 0.1) is 5.92 Å². The van der Waals surface area contributed by atoms with Crippen molar-refractivity contribution in [3.05, 3.63) is 10.4 Å². The summed E-state index contributed by atoms with van der Waals surface area (Å²) in [5.74, 6) is -0.294. The van der Waals surface area contributed by atoms with E-state index >= 15 is 0 Å². The van der Waals surface area contributed by atoms with Crippen molar-refractivity contribution in [3.63, 3.8) is 0 Å². The largest absolute Gasteiger partial charge is 0.411 e. The molecule has 0 aromatic carbocycles. The van der Waals surface area contributed by atoms with Crippen LogP contribution in [0.3, 0.4) is 0 Å². The zero-order valence-electron chi connectivity index (χ0n) is 16.0. The minimum atomic E-state index is -2.12. The summed E-state index contributed by atoms with van der Waals surface area (Å²) in [5.41, 5.74) is 7.00. The second kappa shape index (κ2) is 7.79. The highest BCUT2D eigenvalue weighted by Gasteiger charge is 2.46. The fourth-order valence-electron chi connectivity index (χ4n) is 1.99. The highest BCUT2D eigenvalue weighted by Crippen LogP contribution is 2.38. The second-order valence-corrected chi connectivity index (χ2v) is 13.1. The van der Waals surface area contributed by atoms with Gasteiger partial charge in [0.15, 0.2) is 14.1 Å². The van der Waals surface area contributed by atoms with Gasteiger partial charge >= 0.3 is 0 Å². The number of hydrogen-bond acceptors (Lipinski definition) is 4. The molecule has 0 radical (unpaired) electrons. The Kier molecular flexibility index (Phi) is 7.49. The van der Waals surface area contributed by atoms with Gasteiger partial charge in [0.2, 0.25) is 0 Å². The summed E-state index contributed by atoms with van der Waals surface area (Å²) in [4.78, 5) is 15.4. The minimum Gasteiger partial charge on any atom is -0.411 e. The van der Waals surface area contributed by atoms with Gasteiger partial charge in [-0.1, -0.05) is 39.7 Å². The Morgan fingerprint density at radius 1 is 1.26 bits per heavy atom. The quantitative estimate of drug-likeness (QED) is 0.305. The Labute approximate surface area is 141 Å². The van der Waals surface area contributed by atoms with Crippen LogP contribution in [0.1, 0.15) is 54.9 Å². The maximum Gasteiger partial charge on any atom is 0.192 e. The first-order chi connectivity index (χ1) is 10.2. The third-order valence-electron chi connectivity index (χ3n) is 4.76. The third kappa shape index (κ3) is 5.92. The summed E-state index contributed by atoms with van der Waals surface area (Å²) in [6, 6.07) is -0.875. The SMILES string of the molecule is CC(C)C[C@H](N=[N+]=[N-])C(=O)[C@](C)(O)[C@H](C)O[Si](C)(C)C(C)(C)C. The maximum atomic E-state index is 12.7. The van der Waals surface area contributed by atoms with Gasteiger partial charge in [-0.2, -0.15) is 0 Å². The van der Waals surface area contributed by atoms with Gasteiger partial charge in [-0.05, 0) is 49.8 Å². The molecule has 0 aliphatic heterocycles. The molecule has 0 bridgehead atoms. The minimum absolute atomic E-state index is 0.0253. The number of hydrogen-bond donors (Lipinski definition) is 1. The molecule has 1 N–H and O–H groups in total. The van der Waals surface area contributed by atoms with Crippen molar-refractivity contribution in [1.82, 2.24) is 0 Å². The summed E-state index contributed by atoms with van der Waals surface area (Å²) in [6.07, 6.45) is -0.259. The summed E-state index contributed by atoms with van der Waals surface area (Å²) in [5, 5.41) is 14.3. The van der Waals surface area contributed by atoms with Gasteiger partial charge in [0.1, 0.15) is 5.60 Å². The van der Waals surface area contributed by atoms with Gasteiger partial charge < -0.3 is 9.53 Å². The molecule has 7 heteroatoms. The smallest absolute Gasteiger partial charge is 0.192 e. The number of rotatable bonds is 8. The van der Waals surface area contributed by atoms with Crippen LogP contribution in [0.5, 0.6) is 0 Å². The van der Waals surface area contributed by atoms with Crippen molar-refractivity contribution >= 4 is 14.1 Å². The summed E-state index contributed by atoms with van der Waals surface area (Å²) in [7, 11) is -2.12. The molecule has 134 valence electrons. The molecule has 0 unspecified atom stereocenters. The van der Waals surface area contributed by atoms with Crippen molar-refractivity contribution in [3.8, 4) is 0 Å². The van der Waals surface area contributed by atoms with E-state index in [1.807, 2.05) is 13.8 Å². The lowest BCUT2D eigenvalue weighted by molar-refractivity contribution is -0.146. The Hall–Kier alpha value is -0.883. The number of carbonyl (C=O) groups is 1. The topological polar surface area (TPSA) is 95.3 Å². The number of nitrogens with zero attached hydrogens (tertiary/aromatic N) is 3. The molecule has 0 aromatic rings. The van der Waals surface area contributed by atoms with E-state index in [1.165, 1.54) is 6.92 Å². The van der Waals surface area contributed by atoms with E-state index in [0.717, 1.165) is 0 Å². The second-order valence-electron chi connectivity index (χ2n) is 8.38. The monoisotopic (exact) mass is 343 g/mol. The molecule has 0 spiro atoms. The Bertz CT molecular complexity index is 464. The summed E-state index contributed by atoms with van der Waals surface area (Å²) < 4.78 is 6.15. The maximum absolute atomic E-state index is 12.7. The zero-order chi connectivity index (χ0) is 18.6. The fraction of sp³-hybridized carbons (Fsp3) is 0.938. The molecule has 0 aliphatic rings. The van der Waals surface area contributed by atoms with Crippen molar-refractivity contribution in [2.24, 2.45) is 11.0 Å². The highest BCUT2D eigenvalue weighted by atomic mass is 28.4. The molecule has 0 saturated heterocycles. The normalized spacial score (nSPS) is 18.0. The average molecular weight is 344 g/mol. The predicted molar refractivity (Wildman–Crippen MR) is 95.8 cm³/mol. The Morgan fingerprint density at radius 3 is 2.09 bits per heavy atom. The molecule has 3 atom stereocenters. The molecule has 0 saturated carbocycles. The van der Waals surface area contributed by atoms with Crippen molar-refractivity contribution in [1.29, 1.82) is 0 Å². The first-order valence-electron chi connectivity index (χ1n) is 8.15. The zero-order valence-corrected chi connectivity index (χ0v) is 17.0. The van der Waals surface area contributed by atoms with Gasteiger partial charge in [-0.3, -0.25) is 4.79 Å². The predicted octanol–water partition coefficient (Wildman–Crippen LogP) is 4.44. The number of ketones is 1. The van der Waals surface area contributed by atoms with Crippen molar-refractivity contribution in [2.75, 3.05) is 0 Å². The van der Waals surface area contributed by atoms with Gasteiger partial charge in [-0.15, -0.1) is 0 Å². The molecule has 0 aliphatic carbocycles. The molecule has 0 aromatic heterocycles. The van der Waals surface area contributed by atoms with E-state index in [-0.39, 0.29) is 11.0 Å². The number of aliphatic hydroxyl groups is 1. The van der Waals surface area contributed by atoms with Crippen LogP contribution in [-0.2, 0) is 9.22 Å². The number of carbonyl (C=O) groups excluding carboxylic acids is 1. The van der Waals surface area contributed by atoms with Gasteiger partial charge in [0.05, 0.1) is 12.1 Å². The first-order valence-corrected chi connectivity index (χ1v) is 11.1. The Morgan fingerprint density at radius 2 is 1.74 bits per heavy atom.